The average Bonchev–Trinajstić information content (AvgIpc) is 3.36. The van der Waals surface area contributed by atoms with Crippen molar-refractivity contribution in [2.24, 2.45) is 0 Å². The van der Waals surface area contributed by atoms with Crippen LogP contribution in [0.4, 0.5) is 5.69 Å². The fraction of sp³-hybridized carbons (Fsp3) is 0.455. The summed E-state index contributed by atoms with van der Waals surface area (Å²) in [5, 5.41) is 3.98. The first-order valence-corrected chi connectivity index (χ1v) is 14.4. The lowest BCUT2D eigenvalue weighted by atomic mass is 9.80. The maximum absolute atomic E-state index is 6.26. The smallest absolute Gasteiger partial charge is 0.147 e. The molecule has 0 unspecified atom stereocenters. The first kappa shape index (κ1) is 28.0. The third-order valence-corrected chi connectivity index (χ3v) is 7.81. The van der Waals surface area contributed by atoms with Gasteiger partial charge in [0.05, 0.1) is 0 Å². The quantitative estimate of drug-likeness (QED) is 0.189. The Bertz CT molecular complexity index is 1150. The standard InChI is InChI=1S/C33H45N3O2/c1-8-34-20-19-26-21-27(15-18-32(26)34)33(30-22-28(16-13-24(30)6)37-35(9-2)10-3)31-23-29(17-14-25(31)7)38-36(11-4)12-5/h13-18,21-23,33H,8-12,19-20H2,1-7H3. The molecule has 0 N–H and O–H groups in total. The Balaban J connectivity index is 1.85. The van der Waals surface area contributed by atoms with Crippen molar-refractivity contribution < 1.29 is 9.68 Å². The highest BCUT2D eigenvalue weighted by Gasteiger charge is 2.25. The summed E-state index contributed by atoms with van der Waals surface area (Å²) in [5.74, 6) is 1.83. The summed E-state index contributed by atoms with van der Waals surface area (Å²) in [6, 6.07) is 20.1. The zero-order valence-electron chi connectivity index (χ0n) is 24.4. The summed E-state index contributed by atoms with van der Waals surface area (Å²) < 4.78 is 0. The first-order chi connectivity index (χ1) is 18.4. The molecule has 5 heteroatoms. The fourth-order valence-corrected chi connectivity index (χ4v) is 5.50. The Labute approximate surface area is 229 Å². The predicted molar refractivity (Wildman–Crippen MR) is 158 cm³/mol. The van der Waals surface area contributed by atoms with Crippen LogP contribution in [0.3, 0.4) is 0 Å². The van der Waals surface area contributed by atoms with Crippen molar-refractivity contribution in [3.63, 3.8) is 0 Å². The van der Waals surface area contributed by atoms with Crippen LogP contribution in [0.5, 0.6) is 11.5 Å². The van der Waals surface area contributed by atoms with Crippen LogP contribution >= 0.6 is 0 Å². The Kier molecular flexibility index (Phi) is 9.35. The third-order valence-electron chi connectivity index (χ3n) is 7.81. The molecule has 0 fully saturated rings. The second kappa shape index (κ2) is 12.7. The van der Waals surface area contributed by atoms with Crippen LogP contribution in [0.25, 0.3) is 0 Å². The number of rotatable bonds is 12. The molecule has 0 saturated heterocycles. The van der Waals surface area contributed by atoms with Crippen molar-refractivity contribution in [1.29, 1.82) is 0 Å². The van der Waals surface area contributed by atoms with Gasteiger partial charge in [-0.05, 0) is 119 Å². The molecular formula is C33H45N3O2. The van der Waals surface area contributed by atoms with Crippen molar-refractivity contribution in [3.8, 4) is 11.5 Å². The monoisotopic (exact) mass is 515 g/mol. The van der Waals surface area contributed by atoms with Gasteiger partial charge in [0.1, 0.15) is 11.5 Å². The van der Waals surface area contributed by atoms with Gasteiger partial charge < -0.3 is 14.6 Å². The topological polar surface area (TPSA) is 28.2 Å². The number of aryl methyl sites for hydroxylation is 2. The van der Waals surface area contributed by atoms with E-state index in [1.165, 1.54) is 39.1 Å². The van der Waals surface area contributed by atoms with Crippen LogP contribution in [0.2, 0.25) is 0 Å². The summed E-state index contributed by atoms with van der Waals surface area (Å²) in [7, 11) is 0. The summed E-state index contributed by atoms with van der Waals surface area (Å²) >= 11 is 0. The van der Waals surface area contributed by atoms with Crippen LogP contribution in [0, 0.1) is 13.8 Å². The van der Waals surface area contributed by atoms with Crippen LogP contribution in [-0.2, 0) is 6.42 Å². The molecule has 0 radical (unpaired) electrons. The number of hydrogen-bond donors (Lipinski definition) is 0. The second-order valence-corrected chi connectivity index (χ2v) is 10.1. The van der Waals surface area contributed by atoms with Gasteiger partial charge in [-0.1, -0.05) is 24.3 Å². The normalized spacial score (nSPS) is 13.1. The van der Waals surface area contributed by atoms with E-state index in [1.807, 2.05) is 10.1 Å². The Hall–Kier alpha value is -3.02. The number of hydrogen-bond acceptors (Lipinski definition) is 5. The first-order valence-electron chi connectivity index (χ1n) is 14.4. The highest BCUT2D eigenvalue weighted by Crippen LogP contribution is 2.41. The number of benzene rings is 3. The van der Waals surface area contributed by atoms with Crippen LogP contribution in [0.15, 0.2) is 54.6 Å². The van der Waals surface area contributed by atoms with E-state index < -0.39 is 0 Å². The van der Waals surface area contributed by atoms with Crippen LogP contribution < -0.4 is 14.6 Å². The van der Waals surface area contributed by atoms with E-state index in [1.54, 1.807) is 0 Å². The van der Waals surface area contributed by atoms with E-state index in [-0.39, 0.29) is 5.92 Å². The van der Waals surface area contributed by atoms with E-state index in [9.17, 15) is 0 Å². The summed E-state index contributed by atoms with van der Waals surface area (Å²) in [6.45, 7) is 20.6. The van der Waals surface area contributed by atoms with Gasteiger partial charge in [0.15, 0.2) is 0 Å². The minimum atomic E-state index is 0.0662. The van der Waals surface area contributed by atoms with Gasteiger partial charge in [-0.25, -0.2) is 0 Å². The molecule has 38 heavy (non-hydrogen) atoms. The van der Waals surface area contributed by atoms with Crippen molar-refractivity contribution in [1.82, 2.24) is 10.1 Å². The molecule has 4 rings (SSSR count). The number of fused-ring (bicyclic) bond motifs is 1. The molecule has 0 spiro atoms. The van der Waals surface area contributed by atoms with Crippen molar-refractivity contribution in [2.75, 3.05) is 44.2 Å². The average molecular weight is 516 g/mol. The fourth-order valence-electron chi connectivity index (χ4n) is 5.50. The molecular weight excluding hydrogens is 470 g/mol. The molecule has 0 amide bonds. The molecule has 0 atom stereocenters. The Morgan fingerprint density at radius 2 is 1.24 bits per heavy atom. The zero-order valence-corrected chi connectivity index (χ0v) is 24.4. The number of hydroxylamine groups is 4. The molecule has 3 aromatic carbocycles. The second-order valence-electron chi connectivity index (χ2n) is 10.1. The minimum absolute atomic E-state index is 0.0662. The largest absolute Gasteiger partial charge is 0.406 e. The lowest BCUT2D eigenvalue weighted by Gasteiger charge is -2.26. The van der Waals surface area contributed by atoms with Gasteiger partial charge in [0.2, 0.25) is 0 Å². The van der Waals surface area contributed by atoms with E-state index >= 15 is 0 Å². The van der Waals surface area contributed by atoms with Crippen molar-refractivity contribution >= 4 is 5.69 Å². The van der Waals surface area contributed by atoms with Gasteiger partial charge in [0.25, 0.3) is 0 Å². The third kappa shape index (κ3) is 6.00. The van der Waals surface area contributed by atoms with E-state index in [2.05, 4.69) is 108 Å². The molecule has 1 heterocycles. The Morgan fingerprint density at radius 3 is 1.71 bits per heavy atom. The highest BCUT2D eigenvalue weighted by atomic mass is 16.7. The molecule has 0 bridgehead atoms. The number of likely N-dealkylation sites (N-methyl/N-ethyl adjacent to an activating group) is 1. The summed E-state index contributed by atoms with van der Waals surface area (Å²) in [6.07, 6.45) is 1.10. The maximum atomic E-state index is 6.26. The van der Waals surface area contributed by atoms with E-state index in [4.69, 9.17) is 9.68 Å². The number of anilines is 1. The highest BCUT2D eigenvalue weighted by molar-refractivity contribution is 5.62. The molecule has 3 aromatic rings. The molecule has 1 aliphatic heterocycles. The summed E-state index contributed by atoms with van der Waals surface area (Å²) in [4.78, 5) is 15.0. The molecule has 1 aliphatic rings. The predicted octanol–water partition coefficient (Wildman–Crippen LogP) is 7.14. The lowest BCUT2D eigenvalue weighted by molar-refractivity contribution is -0.0487. The molecule has 5 nitrogen and oxygen atoms in total. The van der Waals surface area contributed by atoms with E-state index in [0.717, 1.165) is 57.2 Å². The molecule has 0 aromatic heterocycles. The minimum Gasteiger partial charge on any atom is -0.406 e. The molecule has 0 aliphatic carbocycles. The number of nitrogens with zero attached hydrogens (tertiary/aromatic N) is 3. The summed E-state index contributed by atoms with van der Waals surface area (Å²) in [5.41, 5.74) is 9.18. The van der Waals surface area contributed by atoms with Gasteiger partial charge >= 0.3 is 0 Å². The maximum Gasteiger partial charge on any atom is 0.147 e. The van der Waals surface area contributed by atoms with Crippen LogP contribution in [0.1, 0.15) is 73.9 Å². The van der Waals surface area contributed by atoms with Gasteiger partial charge in [0, 0.05) is 50.9 Å². The van der Waals surface area contributed by atoms with Gasteiger partial charge in [-0.3, -0.25) is 0 Å². The lowest BCUT2D eigenvalue weighted by Crippen LogP contribution is -2.27. The Morgan fingerprint density at radius 1 is 0.711 bits per heavy atom. The zero-order chi connectivity index (χ0) is 27.2. The van der Waals surface area contributed by atoms with Crippen LogP contribution in [-0.4, -0.2) is 49.4 Å². The van der Waals surface area contributed by atoms with E-state index in [0.29, 0.717) is 0 Å². The van der Waals surface area contributed by atoms with Gasteiger partial charge in [-0.15, -0.1) is 10.1 Å². The van der Waals surface area contributed by atoms with Gasteiger partial charge in [-0.2, -0.15) is 0 Å². The van der Waals surface area contributed by atoms with Crippen molar-refractivity contribution in [2.45, 2.75) is 60.8 Å². The SMILES string of the molecule is CCN(CC)Oc1ccc(C)c(C(c2ccc3c(c2)CCN3CC)c2cc(ON(CC)CC)ccc2C)c1. The molecule has 0 saturated carbocycles. The van der Waals surface area contributed by atoms with Crippen molar-refractivity contribution in [3.05, 3.63) is 88.0 Å². The molecule has 204 valence electrons.